The number of fused-ring (bicyclic) bond motifs is 1. The van der Waals surface area contributed by atoms with Crippen LogP contribution in [-0.4, -0.2) is 30.9 Å². The monoisotopic (exact) mass is 332 g/mol. The lowest BCUT2D eigenvalue weighted by atomic mass is 9.97. The lowest BCUT2D eigenvalue weighted by molar-refractivity contribution is -0.155. The normalized spacial score (nSPS) is 13.9. The van der Waals surface area contributed by atoms with E-state index < -0.39 is 17.3 Å². The number of carbonyl (C=O) groups is 3. The highest BCUT2D eigenvalue weighted by molar-refractivity contribution is 5.96. The van der Waals surface area contributed by atoms with Gasteiger partial charge < -0.3 is 15.0 Å². The third kappa shape index (κ3) is 4.34. The highest BCUT2D eigenvalue weighted by Crippen LogP contribution is 2.30. The molecule has 6 nitrogen and oxygen atoms in total. The summed E-state index contributed by atoms with van der Waals surface area (Å²) in [6.45, 7) is 7.08. The molecule has 1 aliphatic rings. The van der Waals surface area contributed by atoms with Gasteiger partial charge in [-0.05, 0) is 51.3 Å². The molecule has 1 aliphatic heterocycles. The van der Waals surface area contributed by atoms with Crippen LogP contribution < -0.4 is 10.2 Å². The predicted octanol–water partition coefficient (Wildman–Crippen LogP) is 2.51. The van der Waals surface area contributed by atoms with Crippen molar-refractivity contribution in [2.75, 3.05) is 23.4 Å². The van der Waals surface area contributed by atoms with Gasteiger partial charge in [-0.1, -0.05) is 6.07 Å². The smallest absolute Gasteiger partial charge is 0.311 e. The standard InChI is InChI=1S/C18H24N2O4/c1-12(21)20-9-5-6-13-7-8-14(10-15(13)20)19-16(22)11-24-17(23)18(2,3)4/h7-8,10H,5-6,9,11H2,1-4H3,(H,19,22). The second-order valence-electron chi connectivity index (χ2n) is 6.99. The van der Waals surface area contributed by atoms with Crippen molar-refractivity contribution in [3.63, 3.8) is 0 Å². The molecule has 0 aromatic heterocycles. The van der Waals surface area contributed by atoms with Crippen LogP contribution in [0.3, 0.4) is 0 Å². The average Bonchev–Trinajstić information content (AvgIpc) is 2.50. The molecule has 0 spiro atoms. The molecule has 6 heteroatoms. The average molecular weight is 332 g/mol. The largest absolute Gasteiger partial charge is 0.455 e. The Hall–Kier alpha value is -2.37. The number of anilines is 2. The van der Waals surface area contributed by atoms with Gasteiger partial charge in [-0.25, -0.2) is 0 Å². The maximum Gasteiger partial charge on any atom is 0.311 e. The summed E-state index contributed by atoms with van der Waals surface area (Å²) in [4.78, 5) is 37.1. The van der Waals surface area contributed by atoms with E-state index in [1.165, 1.54) is 6.92 Å². The fourth-order valence-electron chi connectivity index (χ4n) is 2.52. The van der Waals surface area contributed by atoms with Gasteiger partial charge in [0, 0.05) is 24.8 Å². The molecule has 0 fully saturated rings. The Kier molecular flexibility index (Phi) is 5.26. The molecule has 0 radical (unpaired) electrons. The van der Waals surface area contributed by atoms with Crippen LogP contribution in [-0.2, 0) is 25.5 Å². The Morgan fingerprint density at radius 1 is 1.25 bits per heavy atom. The number of hydrogen-bond acceptors (Lipinski definition) is 4. The molecule has 0 aliphatic carbocycles. The third-order valence-corrected chi connectivity index (χ3v) is 3.81. The second-order valence-corrected chi connectivity index (χ2v) is 6.99. The summed E-state index contributed by atoms with van der Waals surface area (Å²) in [5.41, 5.74) is 1.86. The van der Waals surface area contributed by atoms with E-state index in [0.29, 0.717) is 12.2 Å². The molecule has 0 atom stereocenters. The van der Waals surface area contributed by atoms with Crippen LogP contribution in [0.2, 0.25) is 0 Å². The number of hydrogen-bond donors (Lipinski definition) is 1. The SMILES string of the molecule is CC(=O)N1CCCc2ccc(NC(=O)COC(=O)C(C)(C)C)cc21. The summed E-state index contributed by atoms with van der Waals surface area (Å²) < 4.78 is 5.00. The second kappa shape index (κ2) is 7.03. The summed E-state index contributed by atoms with van der Waals surface area (Å²) in [5, 5.41) is 2.70. The first-order valence-electron chi connectivity index (χ1n) is 8.06. The molecule has 2 amide bonds. The maximum absolute atomic E-state index is 12.0. The first-order chi connectivity index (χ1) is 11.2. The van der Waals surface area contributed by atoms with Crippen LogP contribution in [0.4, 0.5) is 11.4 Å². The molecule has 0 saturated heterocycles. The number of aryl methyl sites for hydroxylation is 1. The first kappa shape index (κ1) is 18.0. The van der Waals surface area contributed by atoms with E-state index in [4.69, 9.17) is 4.74 Å². The zero-order valence-electron chi connectivity index (χ0n) is 14.6. The maximum atomic E-state index is 12.0. The van der Waals surface area contributed by atoms with Gasteiger partial charge in [-0.15, -0.1) is 0 Å². The van der Waals surface area contributed by atoms with Crippen molar-refractivity contribution in [2.45, 2.75) is 40.5 Å². The van der Waals surface area contributed by atoms with E-state index in [0.717, 1.165) is 24.1 Å². The molecule has 2 rings (SSSR count). The van der Waals surface area contributed by atoms with Crippen LogP contribution in [0.25, 0.3) is 0 Å². The van der Waals surface area contributed by atoms with E-state index in [9.17, 15) is 14.4 Å². The van der Waals surface area contributed by atoms with Crippen molar-refractivity contribution < 1.29 is 19.1 Å². The van der Waals surface area contributed by atoms with Crippen LogP contribution >= 0.6 is 0 Å². The van der Waals surface area contributed by atoms with Crippen molar-refractivity contribution in [1.82, 2.24) is 0 Å². The minimum Gasteiger partial charge on any atom is -0.455 e. The van der Waals surface area contributed by atoms with Gasteiger partial charge >= 0.3 is 5.97 Å². The minimum absolute atomic E-state index is 0.0152. The first-order valence-corrected chi connectivity index (χ1v) is 8.06. The third-order valence-electron chi connectivity index (χ3n) is 3.81. The predicted molar refractivity (Wildman–Crippen MR) is 91.8 cm³/mol. The van der Waals surface area contributed by atoms with E-state index in [1.54, 1.807) is 37.8 Å². The lowest BCUT2D eigenvalue weighted by Gasteiger charge is -2.29. The highest BCUT2D eigenvalue weighted by Gasteiger charge is 2.24. The molecule has 0 unspecified atom stereocenters. The summed E-state index contributed by atoms with van der Waals surface area (Å²) in [7, 11) is 0. The van der Waals surface area contributed by atoms with Gasteiger partial charge in [0.25, 0.3) is 5.91 Å². The molecule has 1 heterocycles. The zero-order valence-corrected chi connectivity index (χ0v) is 14.6. The van der Waals surface area contributed by atoms with Gasteiger partial charge in [0.2, 0.25) is 5.91 Å². The Morgan fingerprint density at radius 2 is 1.96 bits per heavy atom. The Labute approximate surface area is 142 Å². The van der Waals surface area contributed by atoms with Crippen molar-refractivity contribution in [3.05, 3.63) is 23.8 Å². The molecule has 1 N–H and O–H groups in total. The van der Waals surface area contributed by atoms with Crippen molar-refractivity contribution >= 4 is 29.2 Å². The minimum atomic E-state index is -0.645. The van der Waals surface area contributed by atoms with Crippen molar-refractivity contribution in [3.8, 4) is 0 Å². The summed E-state index contributed by atoms with van der Waals surface area (Å²) in [6, 6.07) is 5.51. The molecule has 0 saturated carbocycles. The van der Waals surface area contributed by atoms with Gasteiger partial charge in [-0.3, -0.25) is 14.4 Å². The topological polar surface area (TPSA) is 75.7 Å². The van der Waals surface area contributed by atoms with Gasteiger partial charge in [0.05, 0.1) is 5.41 Å². The quantitative estimate of drug-likeness (QED) is 0.863. The highest BCUT2D eigenvalue weighted by atomic mass is 16.5. The van der Waals surface area contributed by atoms with Crippen LogP contribution in [0.15, 0.2) is 18.2 Å². The lowest BCUT2D eigenvalue weighted by Crippen LogP contribution is -2.33. The molecule has 1 aromatic carbocycles. The molecule has 0 bridgehead atoms. The summed E-state index contributed by atoms with van der Waals surface area (Å²) >= 11 is 0. The van der Waals surface area contributed by atoms with Crippen molar-refractivity contribution in [1.29, 1.82) is 0 Å². The Morgan fingerprint density at radius 3 is 2.58 bits per heavy atom. The van der Waals surface area contributed by atoms with Crippen molar-refractivity contribution in [2.24, 2.45) is 5.41 Å². The molecule has 1 aromatic rings. The van der Waals surface area contributed by atoms with E-state index in [-0.39, 0.29) is 12.5 Å². The molecular formula is C18H24N2O4. The number of benzene rings is 1. The number of nitrogens with zero attached hydrogens (tertiary/aromatic N) is 1. The zero-order chi connectivity index (χ0) is 17.9. The van der Waals surface area contributed by atoms with E-state index in [1.807, 2.05) is 6.07 Å². The van der Waals surface area contributed by atoms with Gasteiger partial charge in [0.15, 0.2) is 6.61 Å². The number of esters is 1. The van der Waals surface area contributed by atoms with Crippen LogP contribution in [0.1, 0.15) is 39.7 Å². The van der Waals surface area contributed by atoms with Gasteiger partial charge in [0.1, 0.15) is 0 Å². The number of rotatable bonds is 3. The Balaban J connectivity index is 2.03. The fourth-order valence-corrected chi connectivity index (χ4v) is 2.52. The number of carbonyl (C=O) groups excluding carboxylic acids is 3. The fraction of sp³-hybridized carbons (Fsp3) is 0.500. The number of nitrogens with one attached hydrogen (secondary N) is 1. The number of amides is 2. The van der Waals surface area contributed by atoms with E-state index >= 15 is 0 Å². The molecule has 24 heavy (non-hydrogen) atoms. The molecular weight excluding hydrogens is 308 g/mol. The number of ether oxygens (including phenoxy) is 1. The molecule has 130 valence electrons. The van der Waals surface area contributed by atoms with Crippen LogP contribution in [0.5, 0.6) is 0 Å². The summed E-state index contributed by atoms with van der Waals surface area (Å²) in [6.07, 6.45) is 1.84. The summed E-state index contributed by atoms with van der Waals surface area (Å²) in [5.74, 6) is -0.845. The van der Waals surface area contributed by atoms with E-state index in [2.05, 4.69) is 5.32 Å². The van der Waals surface area contributed by atoms with Gasteiger partial charge in [-0.2, -0.15) is 0 Å². The Bertz CT molecular complexity index is 661. The van der Waals surface area contributed by atoms with Crippen LogP contribution in [0, 0.1) is 5.41 Å².